The van der Waals surface area contributed by atoms with Crippen LogP contribution in [0, 0.1) is 5.92 Å². The van der Waals surface area contributed by atoms with Crippen LogP contribution in [-0.2, 0) is 0 Å². The summed E-state index contributed by atoms with van der Waals surface area (Å²) in [4.78, 5) is 2.74. The quantitative estimate of drug-likeness (QED) is 0.914. The largest absolute Gasteiger partial charge is 0.317 e. The molecule has 1 atom stereocenters. The third-order valence-electron chi connectivity index (χ3n) is 4.38. The fraction of sp³-hybridized carbons (Fsp3) is 0.625. The molecular formula is C16H24N2S. The monoisotopic (exact) mass is 276 g/mol. The smallest absolute Gasteiger partial charge is 0.0439 e. The van der Waals surface area contributed by atoms with Gasteiger partial charge in [0.2, 0.25) is 0 Å². The van der Waals surface area contributed by atoms with Crippen molar-refractivity contribution >= 4 is 11.8 Å². The number of rotatable bonds is 3. The highest BCUT2D eigenvalue weighted by molar-refractivity contribution is 7.99. The normalized spacial score (nSPS) is 26.4. The summed E-state index contributed by atoms with van der Waals surface area (Å²) in [5, 5.41) is 3.47. The maximum Gasteiger partial charge on any atom is 0.0439 e. The minimum Gasteiger partial charge on any atom is -0.317 e. The first-order valence-electron chi connectivity index (χ1n) is 7.51. The molecule has 0 aliphatic carbocycles. The summed E-state index contributed by atoms with van der Waals surface area (Å²) in [6.45, 7) is 4.97. The number of hydrogen-bond acceptors (Lipinski definition) is 3. The van der Waals surface area contributed by atoms with Gasteiger partial charge in [0.1, 0.15) is 0 Å². The van der Waals surface area contributed by atoms with Crippen LogP contribution in [0.25, 0.3) is 0 Å². The summed E-state index contributed by atoms with van der Waals surface area (Å²) in [7, 11) is 0. The molecule has 1 unspecified atom stereocenters. The molecule has 3 heteroatoms. The Morgan fingerprint density at radius 1 is 1.16 bits per heavy atom. The molecule has 19 heavy (non-hydrogen) atoms. The van der Waals surface area contributed by atoms with Crippen molar-refractivity contribution in [2.45, 2.75) is 18.9 Å². The predicted octanol–water partition coefficient (Wildman–Crippen LogP) is 2.78. The van der Waals surface area contributed by atoms with Gasteiger partial charge in [0.05, 0.1) is 0 Å². The van der Waals surface area contributed by atoms with Crippen LogP contribution in [0.3, 0.4) is 0 Å². The van der Waals surface area contributed by atoms with Crippen LogP contribution in [0.4, 0.5) is 0 Å². The van der Waals surface area contributed by atoms with Crippen molar-refractivity contribution in [3.8, 4) is 0 Å². The first-order valence-corrected chi connectivity index (χ1v) is 8.66. The summed E-state index contributed by atoms with van der Waals surface area (Å²) in [5.74, 6) is 3.46. The van der Waals surface area contributed by atoms with Crippen LogP contribution in [0.15, 0.2) is 30.3 Å². The summed E-state index contributed by atoms with van der Waals surface area (Å²) >= 11 is 2.11. The Balaban J connectivity index is 1.66. The third-order valence-corrected chi connectivity index (χ3v) is 5.40. The SMILES string of the molecule is c1ccc(C2CSCCN2CC2CCNCC2)cc1. The van der Waals surface area contributed by atoms with Crippen molar-refractivity contribution < 1.29 is 0 Å². The molecular weight excluding hydrogens is 252 g/mol. The van der Waals surface area contributed by atoms with Gasteiger partial charge in [-0.25, -0.2) is 0 Å². The van der Waals surface area contributed by atoms with Gasteiger partial charge in [0.15, 0.2) is 0 Å². The van der Waals surface area contributed by atoms with Crippen molar-refractivity contribution in [3.63, 3.8) is 0 Å². The Kier molecular flexibility index (Phi) is 4.81. The van der Waals surface area contributed by atoms with Crippen molar-refractivity contribution in [3.05, 3.63) is 35.9 Å². The molecule has 0 radical (unpaired) electrons. The third kappa shape index (κ3) is 3.53. The highest BCUT2D eigenvalue weighted by Gasteiger charge is 2.26. The van der Waals surface area contributed by atoms with Gasteiger partial charge in [-0.15, -0.1) is 0 Å². The van der Waals surface area contributed by atoms with Gasteiger partial charge in [-0.1, -0.05) is 30.3 Å². The lowest BCUT2D eigenvalue weighted by Gasteiger charge is -2.38. The molecule has 0 saturated carbocycles. The van der Waals surface area contributed by atoms with E-state index in [1.807, 2.05) is 0 Å². The lowest BCUT2D eigenvalue weighted by molar-refractivity contribution is 0.168. The molecule has 1 aromatic carbocycles. The molecule has 0 aromatic heterocycles. The molecule has 1 N–H and O–H groups in total. The van der Waals surface area contributed by atoms with Gasteiger partial charge in [0, 0.05) is 30.6 Å². The Labute approximate surface area is 121 Å². The molecule has 104 valence electrons. The van der Waals surface area contributed by atoms with Gasteiger partial charge in [-0.3, -0.25) is 4.90 Å². The van der Waals surface area contributed by atoms with Crippen LogP contribution in [0.1, 0.15) is 24.4 Å². The fourth-order valence-corrected chi connectivity index (χ4v) is 4.39. The average molecular weight is 276 g/mol. The molecule has 1 aromatic rings. The molecule has 3 rings (SSSR count). The Bertz CT molecular complexity index is 376. The lowest BCUT2D eigenvalue weighted by atomic mass is 9.96. The van der Waals surface area contributed by atoms with Crippen LogP contribution >= 0.6 is 11.8 Å². The van der Waals surface area contributed by atoms with E-state index >= 15 is 0 Å². The predicted molar refractivity (Wildman–Crippen MR) is 83.7 cm³/mol. The van der Waals surface area contributed by atoms with E-state index in [0.717, 1.165) is 5.92 Å². The van der Waals surface area contributed by atoms with Gasteiger partial charge in [-0.2, -0.15) is 11.8 Å². The number of thioether (sulfide) groups is 1. The summed E-state index contributed by atoms with van der Waals surface area (Å²) in [6, 6.07) is 11.7. The lowest BCUT2D eigenvalue weighted by Crippen LogP contribution is -2.41. The van der Waals surface area contributed by atoms with E-state index in [1.54, 1.807) is 0 Å². The summed E-state index contributed by atoms with van der Waals surface area (Å²) < 4.78 is 0. The maximum atomic E-state index is 3.47. The Morgan fingerprint density at radius 2 is 1.95 bits per heavy atom. The Hall–Kier alpha value is -0.510. The zero-order valence-corrected chi connectivity index (χ0v) is 12.4. The average Bonchev–Trinajstić information content (AvgIpc) is 2.50. The highest BCUT2D eigenvalue weighted by Crippen LogP contribution is 2.31. The standard InChI is InChI=1S/C16H24N2S/c1-2-4-15(5-3-1)16-13-19-11-10-18(16)12-14-6-8-17-9-7-14/h1-5,14,16-17H,6-13H2. The second-order valence-electron chi connectivity index (χ2n) is 5.69. The number of piperidine rings is 1. The first kappa shape index (κ1) is 13.5. The molecule has 0 bridgehead atoms. The van der Waals surface area contributed by atoms with Gasteiger partial charge < -0.3 is 5.32 Å². The molecule has 2 saturated heterocycles. The van der Waals surface area contributed by atoms with Gasteiger partial charge in [-0.05, 0) is 37.4 Å². The van der Waals surface area contributed by atoms with E-state index in [4.69, 9.17) is 0 Å². The van der Waals surface area contributed by atoms with E-state index in [1.165, 1.54) is 56.1 Å². The number of benzene rings is 1. The zero-order valence-electron chi connectivity index (χ0n) is 11.6. The molecule has 2 heterocycles. The van der Waals surface area contributed by atoms with E-state index in [2.05, 4.69) is 52.3 Å². The van der Waals surface area contributed by atoms with Crippen LogP contribution in [0.5, 0.6) is 0 Å². The van der Waals surface area contributed by atoms with E-state index in [-0.39, 0.29) is 0 Å². The van der Waals surface area contributed by atoms with E-state index in [9.17, 15) is 0 Å². The topological polar surface area (TPSA) is 15.3 Å². The van der Waals surface area contributed by atoms with Crippen molar-refractivity contribution in [1.29, 1.82) is 0 Å². The highest BCUT2D eigenvalue weighted by atomic mass is 32.2. The number of nitrogens with one attached hydrogen (secondary N) is 1. The van der Waals surface area contributed by atoms with Crippen molar-refractivity contribution in [2.75, 3.05) is 37.7 Å². The number of nitrogens with zero attached hydrogens (tertiary/aromatic N) is 1. The maximum absolute atomic E-state index is 3.47. The molecule has 2 nitrogen and oxygen atoms in total. The minimum atomic E-state index is 0.634. The van der Waals surface area contributed by atoms with Crippen molar-refractivity contribution in [2.24, 2.45) is 5.92 Å². The molecule has 0 spiro atoms. The second-order valence-corrected chi connectivity index (χ2v) is 6.84. The molecule has 2 fully saturated rings. The van der Waals surface area contributed by atoms with E-state index in [0.29, 0.717) is 6.04 Å². The molecule has 0 amide bonds. The fourth-order valence-electron chi connectivity index (χ4n) is 3.23. The minimum absolute atomic E-state index is 0.634. The molecule has 2 aliphatic rings. The van der Waals surface area contributed by atoms with Crippen molar-refractivity contribution in [1.82, 2.24) is 10.2 Å². The molecule has 2 aliphatic heterocycles. The second kappa shape index (κ2) is 6.78. The van der Waals surface area contributed by atoms with Gasteiger partial charge in [0.25, 0.3) is 0 Å². The van der Waals surface area contributed by atoms with Gasteiger partial charge >= 0.3 is 0 Å². The Morgan fingerprint density at radius 3 is 2.74 bits per heavy atom. The zero-order chi connectivity index (χ0) is 12.9. The van der Waals surface area contributed by atoms with Crippen LogP contribution in [0.2, 0.25) is 0 Å². The van der Waals surface area contributed by atoms with Crippen LogP contribution in [-0.4, -0.2) is 42.6 Å². The first-order chi connectivity index (χ1) is 9.43. The summed E-state index contributed by atoms with van der Waals surface area (Å²) in [5.41, 5.74) is 1.50. The van der Waals surface area contributed by atoms with E-state index < -0.39 is 0 Å². The number of hydrogen-bond donors (Lipinski definition) is 1. The van der Waals surface area contributed by atoms with Crippen LogP contribution < -0.4 is 5.32 Å². The summed E-state index contributed by atoms with van der Waals surface area (Å²) in [6.07, 6.45) is 2.70.